The second-order valence-corrected chi connectivity index (χ2v) is 2.91. The molecule has 0 unspecified atom stereocenters. The molecule has 0 amide bonds. The van der Waals surface area contributed by atoms with Gasteiger partial charge in [-0.2, -0.15) is 8.78 Å². The number of rotatable bonds is 2. The Labute approximate surface area is 78.7 Å². The number of benzene rings is 1. The molecule has 1 aromatic carbocycles. The summed E-state index contributed by atoms with van der Waals surface area (Å²) in [6.07, 6.45) is 0. The van der Waals surface area contributed by atoms with Gasteiger partial charge in [0.25, 0.3) is 0 Å². The van der Waals surface area contributed by atoms with Crippen LogP contribution in [-0.2, 0) is 0 Å². The van der Waals surface area contributed by atoms with Gasteiger partial charge in [0.1, 0.15) is 5.75 Å². The molecule has 0 radical (unpaired) electrons. The van der Waals surface area contributed by atoms with Gasteiger partial charge in [-0.3, -0.25) is 0 Å². The lowest BCUT2D eigenvalue weighted by Crippen LogP contribution is -2.02. The molecular weight excluding hydrogens is 206 g/mol. The van der Waals surface area contributed by atoms with Gasteiger partial charge in [0, 0.05) is 16.0 Å². The van der Waals surface area contributed by atoms with Crippen LogP contribution < -0.4 is 4.74 Å². The molecule has 0 N–H and O–H groups in total. The van der Waals surface area contributed by atoms with E-state index in [-0.39, 0.29) is 5.75 Å². The molecule has 0 spiro atoms. The van der Waals surface area contributed by atoms with E-state index in [0.29, 0.717) is 9.92 Å². The molecule has 0 saturated heterocycles. The molecule has 0 aliphatic rings. The SMILES string of the molecule is FC(F)Oc1cc(Cl)ccc1S. The third kappa shape index (κ3) is 2.53. The van der Waals surface area contributed by atoms with Crippen molar-refractivity contribution in [3.8, 4) is 5.75 Å². The van der Waals surface area contributed by atoms with Crippen molar-refractivity contribution < 1.29 is 13.5 Å². The Kier molecular flexibility index (Phi) is 3.17. The first-order valence-corrected chi connectivity index (χ1v) is 3.85. The maximum Gasteiger partial charge on any atom is 0.387 e. The maximum atomic E-state index is 11.7. The summed E-state index contributed by atoms with van der Waals surface area (Å²) in [5.41, 5.74) is 0. The molecule has 0 fully saturated rings. The van der Waals surface area contributed by atoms with Gasteiger partial charge >= 0.3 is 6.61 Å². The summed E-state index contributed by atoms with van der Waals surface area (Å²) >= 11 is 9.44. The summed E-state index contributed by atoms with van der Waals surface area (Å²) in [6, 6.07) is 4.32. The molecule has 66 valence electrons. The average Bonchev–Trinajstić information content (AvgIpc) is 1.96. The normalized spacial score (nSPS) is 10.4. The van der Waals surface area contributed by atoms with Gasteiger partial charge in [0.05, 0.1) is 0 Å². The lowest BCUT2D eigenvalue weighted by molar-refractivity contribution is -0.0516. The zero-order valence-corrected chi connectivity index (χ0v) is 7.45. The van der Waals surface area contributed by atoms with Gasteiger partial charge in [0.2, 0.25) is 0 Å². The lowest BCUT2D eigenvalue weighted by atomic mass is 10.3. The van der Waals surface area contributed by atoms with Crippen LogP contribution in [-0.4, -0.2) is 6.61 Å². The van der Waals surface area contributed by atoms with Crippen molar-refractivity contribution in [1.29, 1.82) is 0 Å². The van der Waals surface area contributed by atoms with Gasteiger partial charge in [-0.25, -0.2) is 0 Å². The number of halogens is 3. The molecule has 0 atom stereocenters. The molecule has 0 aliphatic heterocycles. The Morgan fingerprint density at radius 3 is 2.67 bits per heavy atom. The molecule has 0 aromatic heterocycles. The highest BCUT2D eigenvalue weighted by Gasteiger charge is 2.07. The predicted octanol–water partition coefficient (Wildman–Crippen LogP) is 3.23. The van der Waals surface area contributed by atoms with E-state index in [0.717, 1.165) is 0 Å². The van der Waals surface area contributed by atoms with E-state index in [1.807, 2.05) is 0 Å². The lowest BCUT2D eigenvalue weighted by Gasteiger charge is -2.06. The van der Waals surface area contributed by atoms with E-state index in [1.165, 1.54) is 12.1 Å². The summed E-state index contributed by atoms with van der Waals surface area (Å²) in [4.78, 5) is 0.333. The monoisotopic (exact) mass is 210 g/mol. The summed E-state index contributed by atoms with van der Waals surface area (Å²) in [5, 5.41) is 0.337. The second-order valence-electron chi connectivity index (χ2n) is 1.99. The van der Waals surface area contributed by atoms with Gasteiger partial charge in [-0.1, -0.05) is 11.6 Å². The third-order valence-electron chi connectivity index (χ3n) is 1.14. The Balaban J connectivity index is 2.90. The molecule has 1 nitrogen and oxygen atoms in total. The smallest absolute Gasteiger partial charge is 0.387 e. The van der Waals surface area contributed by atoms with E-state index < -0.39 is 6.61 Å². The Morgan fingerprint density at radius 1 is 1.42 bits per heavy atom. The summed E-state index contributed by atoms with van der Waals surface area (Å²) in [7, 11) is 0. The van der Waals surface area contributed by atoms with Crippen molar-refractivity contribution in [2.24, 2.45) is 0 Å². The first-order valence-electron chi connectivity index (χ1n) is 3.03. The zero-order valence-electron chi connectivity index (χ0n) is 5.80. The summed E-state index contributed by atoms with van der Waals surface area (Å²) in [5.74, 6) is -0.0131. The number of hydrogen-bond donors (Lipinski definition) is 1. The fourth-order valence-corrected chi connectivity index (χ4v) is 1.03. The molecule has 0 bridgehead atoms. The van der Waals surface area contributed by atoms with Crippen LogP contribution in [0, 0.1) is 0 Å². The fourth-order valence-electron chi connectivity index (χ4n) is 0.678. The predicted molar refractivity (Wildman–Crippen MR) is 45.3 cm³/mol. The van der Waals surface area contributed by atoms with Crippen molar-refractivity contribution in [3.63, 3.8) is 0 Å². The van der Waals surface area contributed by atoms with E-state index in [2.05, 4.69) is 17.4 Å². The minimum atomic E-state index is -2.85. The van der Waals surface area contributed by atoms with Crippen molar-refractivity contribution >= 4 is 24.2 Å². The van der Waals surface area contributed by atoms with Gasteiger partial charge in [-0.15, -0.1) is 12.6 Å². The van der Waals surface area contributed by atoms with Gasteiger partial charge in [0.15, 0.2) is 0 Å². The van der Waals surface area contributed by atoms with Gasteiger partial charge in [-0.05, 0) is 12.1 Å². The van der Waals surface area contributed by atoms with Crippen LogP contribution in [0.1, 0.15) is 0 Å². The van der Waals surface area contributed by atoms with Crippen LogP contribution in [0.5, 0.6) is 5.75 Å². The van der Waals surface area contributed by atoms with E-state index in [9.17, 15) is 8.78 Å². The second kappa shape index (κ2) is 3.96. The Bertz CT molecular complexity index is 280. The highest BCUT2D eigenvalue weighted by Crippen LogP contribution is 2.27. The largest absolute Gasteiger partial charge is 0.434 e. The van der Waals surface area contributed by atoms with Crippen LogP contribution in [0.4, 0.5) is 8.78 Å². The fraction of sp³-hybridized carbons (Fsp3) is 0.143. The molecule has 1 aromatic rings. The van der Waals surface area contributed by atoms with Gasteiger partial charge < -0.3 is 4.74 Å². The van der Waals surface area contributed by atoms with E-state index in [1.54, 1.807) is 6.07 Å². The topological polar surface area (TPSA) is 9.23 Å². The molecule has 0 aliphatic carbocycles. The number of alkyl halides is 2. The average molecular weight is 211 g/mol. The zero-order chi connectivity index (χ0) is 9.14. The van der Waals surface area contributed by atoms with Crippen LogP contribution in [0.2, 0.25) is 5.02 Å². The maximum absolute atomic E-state index is 11.7. The quantitative estimate of drug-likeness (QED) is 0.738. The van der Waals surface area contributed by atoms with Crippen molar-refractivity contribution in [2.45, 2.75) is 11.5 Å². The van der Waals surface area contributed by atoms with Crippen LogP contribution in [0.25, 0.3) is 0 Å². The summed E-state index contributed by atoms with van der Waals surface area (Å²) < 4.78 is 27.6. The van der Waals surface area contributed by atoms with Crippen molar-refractivity contribution in [1.82, 2.24) is 0 Å². The van der Waals surface area contributed by atoms with Crippen LogP contribution >= 0.6 is 24.2 Å². The highest BCUT2D eigenvalue weighted by atomic mass is 35.5. The summed E-state index contributed by atoms with van der Waals surface area (Å²) in [6.45, 7) is -2.85. The minimum absolute atomic E-state index is 0.0131. The van der Waals surface area contributed by atoms with Crippen LogP contribution in [0.3, 0.4) is 0 Å². The molecule has 1 rings (SSSR count). The standard InChI is InChI=1S/C7H5ClF2OS/c8-4-1-2-6(12)5(3-4)11-7(9)10/h1-3,7,12H. The number of ether oxygens (including phenoxy) is 1. The van der Waals surface area contributed by atoms with Crippen molar-refractivity contribution in [2.75, 3.05) is 0 Å². The first-order chi connectivity index (χ1) is 5.59. The van der Waals surface area contributed by atoms with E-state index in [4.69, 9.17) is 11.6 Å². The Morgan fingerprint density at radius 2 is 2.08 bits per heavy atom. The highest BCUT2D eigenvalue weighted by molar-refractivity contribution is 7.80. The molecule has 5 heteroatoms. The third-order valence-corrected chi connectivity index (χ3v) is 1.74. The molecule has 0 saturated carbocycles. The van der Waals surface area contributed by atoms with E-state index >= 15 is 0 Å². The van der Waals surface area contributed by atoms with Crippen LogP contribution in [0.15, 0.2) is 23.1 Å². The molecular formula is C7H5ClF2OS. The molecule has 12 heavy (non-hydrogen) atoms. The number of hydrogen-bond acceptors (Lipinski definition) is 2. The Hall–Kier alpha value is -0.480. The first kappa shape index (κ1) is 9.61. The molecule has 0 heterocycles. The minimum Gasteiger partial charge on any atom is -0.434 e. The number of thiol groups is 1. The van der Waals surface area contributed by atoms with Crippen molar-refractivity contribution in [3.05, 3.63) is 23.2 Å².